The summed E-state index contributed by atoms with van der Waals surface area (Å²) in [5, 5.41) is 9.92. The van der Waals surface area contributed by atoms with Gasteiger partial charge in [-0.3, -0.25) is 4.79 Å². The van der Waals surface area contributed by atoms with E-state index in [1.54, 1.807) is 7.05 Å². The van der Waals surface area contributed by atoms with Gasteiger partial charge in [-0.25, -0.2) is 0 Å². The van der Waals surface area contributed by atoms with E-state index in [0.717, 1.165) is 5.56 Å². The number of aliphatic hydroxyl groups is 1. The predicted molar refractivity (Wildman–Crippen MR) is 65.4 cm³/mol. The summed E-state index contributed by atoms with van der Waals surface area (Å²) in [6, 6.07) is 9.64. The molecule has 94 valence electrons. The number of likely N-dealkylation sites (N-methyl/N-ethyl adjacent to an activating group) is 1. The number of benzene rings is 1. The standard InChI is InChI=1S/C13H19NO3/c1-13(16,10-17-3)12(15)14(2)9-11-7-5-4-6-8-11/h4-8,16H,9-10H2,1-3H3/t13-/m0/s1. The van der Waals surface area contributed by atoms with Crippen LogP contribution < -0.4 is 0 Å². The van der Waals surface area contributed by atoms with Crippen LogP contribution >= 0.6 is 0 Å². The van der Waals surface area contributed by atoms with Crippen LogP contribution in [0.2, 0.25) is 0 Å². The van der Waals surface area contributed by atoms with Crippen molar-refractivity contribution < 1.29 is 14.6 Å². The van der Waals surface area contributed by atoms with Crippen LogP contribution in [0.4, 0.5) is 0 Å². The van der Waals surface area contributed by atoms with Crippen LogP contribution in [0.25, 0.3) is 0 Å². The van der Waals surface area contributed by atoms with Gasteiger partial charge in [0.15, 0.2) is 5.60 Å². The monoisotopic (exact) mass is 237 g/mol. The van der Waals surface area contributed by atoms with Gasteiger partial charge in [-0.1, -0.05) is 30.3 Å². The minimum absolute atomic E-state index is 0.00897. The molecule has 0 aliphatic rings. The average molecular weight is 237 g/mol. The summed E-state index contributed by atoms with van der Waals surface area (Å²) in [5.41, 5.74) is -0.449. The Morgan fingerprint density at radius 2 is 2.00 bits per heavy atom. The summed E-state index contributed by atoms with van der Waals surface area (Å²) in [7, 11) is 3.12. The summed E-state index contributed by atoms with van der Waals surface area (Å²) >= 11 is 0. The Morgan fingerprint density at radius 3 is 2.53 bits per heavy atom. The van der Waals surface area contributed by atoms with Crippen molar-refractivity contribution in [3.8, 4) is 0 Å². The Kier molecular flexibility index (Phi) is 4.66. The molecular formula is C13H19NO3. The molecular weight excluding hydrogens is 218 g/mol. The second-order valence-electron chi connectivity index (χ2n) is 4.35. The quantitative estimate of drug-likeness (QED) is 0.832. The van der Waals surface area contributed by atoms with Crippen molar-refractivity contribution in [3.05, 3.63) is 35.9 Å². The Hall–Kier alpha value is -1.39. The first-order chi connectivity index (χ1) is 7.97. The lowest BCUT2D eigenvalue weighted by Crippen LogP contribution is -2.48. The molecule has 0 heterocycles. The fourth-order valence-corrected chi connectivity index (χ4v) is 1.68. The number of methoxy groups -OCH3 is 1. The molecule has 1 rings (SSSR count). The number of hydrogen-bond donors (Lipinski definition) is 1. The number of hydrogen-bond acceptors (Lipinski definition) is 3. The van der Waals surface area contributed by atoms with Gasteiger partial charge in [0.2, 0.25) is 0 Å². The van der Waals surface area contributed by atoms with E-state index in [-0.39, 0.29) is 12.5 Å². The summed E-state index contributed by atoms with van der Waals surface area (Å²) in [4.78, 5) is 13.4. The van der Waals surface area contributed by atoms with Crippen LogP contribution in [0.15, 0.2) is 30.3 Å². The van der Waals surface area contributed by atoms with Gasteiger partial charge in [0, 0.05) is 20.7 Å². The first kappa shape index (κ1) is 13.7. The van der Waals surface area contributed by atoms with Gasteiger partial charge in [0.25, 0.3) is 5.91 Å². The lowest BCUT2D eigenvalue weighted by Gasteiger charge is -2.27. The Labute approximate surface area is 102 Å². The van der Waals surface area contributed by atoms with Gasteiger partial charge in [0.1, 0.15) is 0 Å². The molecule has 0 aromatic heterocycles. The van der Waals surface area contributed by atoms with Crippen LogP contribution in [-0.2, 0) is 16.1 Å². The maximum atomic E-state index is 12.0. The van der Waals surface area contributed by atoms with Crippen molar-refractivity contribution in [1.82, 2.24) is 4.90 Å². The maximum absolute atomic E-state index is 12.0. The van der Waals surface area contributed by atoms with Gasteiger partial charge in [0.05, 0.1) is 6.61 Å². The minimum atomic E-state index is -1.47. The summed E-state index contributed by atoms with van der Waals surface area (Å²) in [6.07, 6.45) is 0. The molecule has 1 N–H and O–H groups in total. The maximum Gasteiger partial charge on any atom is 0.256 e. The number of rotatable bonds is 5. The van der Waals surface area contributed by atoms with E-state index < -0.39 is 5.60 Å². The molecule has 17 heavy (non-hydrogen) atoms. The third-order valence-corrected chi connectivity index (χ3v) is 2.50. The molecule has 0 saturated carbocycles. The van der Waals surface area contributed by atoms with Gasteiger partial charge in [-0.05, 0) is 12.5 Å². The SMILES string of the molecule is COC[C@](C)(O)C(=O)N(C)Cc1ccccc1. The Bertz CT molecular complexity index is 362. The zero-order chi connectivity index (χ0) is 12.9. The molecule has 4 nitrogen and oxygen atoms in total. The lowest BCUT2D eigenvalue weighted by atomic mass is 10.1. The summed E-state index contributed by atoms with van der Waals surface area (Å²) in [5.74, 6) is -0.344. The van der Waals surface area contributed by atoms with E-state index in [0.29, 0.717) is 6.54 Å². The Balaban J connectivity index is 2.65. The first-order valence-electron chi connectivity index (χ1n) is 5.48. The van der Waals surface area contributed by atoms with Gasteiger partial charge in [-0.15, -0.1) is 0 Å². The topological polar surface area (TPSA) is 49.8 Å². The molecule has 0 aliphatic heterocycles. The zero-order valence-corrected chi connectivity index (χ0v) is 10.5. The fourth-order valence-electron chi connectivity index (χ4n) is 1.68. The second-order valence-corrected chi connectivity index (χ2v) is 4.35. The van der Waals surface area contributed by atoms with E-state index in [1.807, 2.05) is 30.3 Å². The number of nitrogens with zero attached hydrogens (tertiary/aromatic N) is 1. The van der Waals surface area contributed by atoms with Crippen molar-refractivity contribution in [2.45, 2.75) is 19.1 Å². The second kappa shape index (κ2) is 5.80. The van der Waals surface area contributed by atoms with Crippen LogP contribution in [0.1, 0.15) is 12.5 Å². The molecule has 1 atom stereocenters. The van der Waals surface area contributed by atoms with Gasteiger partial charge < -0.3 is 14.7 Å². The molecule has 0 radical (unpaired) electrons. The Morgan fingerprint density at radius 1 is 1.41 bits per heavy atom. The molecule has 1 aromatic carbocycles. The molecule has 0 saturated heterocycles. The first-order valence-corrected chi connectivity index (χ1v) is 5.48. The van der Waals surface area contributed by atoms with Crippen LogP contribution in [0.3, 0.4) is 0 Å². The minimum Gasteiger partial charge on any atom is -0.381 e. The highest BCUT2D eigenvalue weighted by Crippen LogP contribution is 2.11. The van der Waals surface area contributed by atoms with Gasteiger partial charge >= 0.3 is 0 Å². The predicted octanol–water partition coefficient (Wildman–Crippen LogP) is 1.04. The van der Waals surface area contributed by atoms with Crippen LogP contribution in [0, 0.1) is 0 Å². The van der Waals surface area contributed by atoms with E-state index in [9.17, 15) is 9.90 Å². The zero-order valence-electron chi connectivity index (χ0n) is 10.5. The lowest BCUT2D eigenvalue weighted by molar-refractivity contribution is -0.153. The van der Waals surface area contributed by atoms with E-state index in [1.165, 1.54) is 18.9 Å². The van der Waals surface area contributed by atoms with Crippen LogP contribution in [-0.4, -0.2) is 42.3 Å². The largest absolute Gasteiger partial charge is 0.381 e. The van der Waals surface area contributed by atoms with Crippen molar-refractivity contribution in [2.24, 2.45) is 0 Å². The fraction of sp³-hybridized carbons (Fsp3) is 0.462. The van der Waals surface area contributed by atoms with Crippen molar-refractivity contribution in [3.63, 3.8) is 0 Å². The highest BCUT2D eigenvalue weighted by Gasteiger charge is 2.32. The normalized spacial score (nSPS) is 14.1. The third-order valence-electron chi connectivity index (χ3n) is 2.50. The third kappa shape index (κ3) is 3.84. The number of carbonyl (C=O) groups excluding carboxylic acids is 1. The summed E-state index contributed by atoms with van der Waals surface area (Å²) < 4.78 is 4.83. The number of amides is 1. The van der Waals surface area contributed by atoms with Crippen LogP contribution in [0.5, 0.6) is 0 Å². The molecule has 1 amide bonds. The summed E-state index contributed by atoms with van der Waals surface area (Å²) in [6.45, 7) is 1.92. The average Bonchev–Trinajstić information content (AvgIpc) is 2.29. The molecule has 0 bridgehead atoms. The smallest absolute Gasteiger partial charge is 0.256 e. The molecule has 0 fully saturated rings. The molecule has 0 aliphatic carbocycles. The molecule has 0 unspecified atom stereocenters. The van der Waals surface area contributed by atoms with E-state index >= 15 is 0 Å². The highest BCUT2D eigenvalue weighted by molar-refractivity contribution is 5.84. The van der Waals surface area contributed by atoms with Crippen molar-refractivity contribution in [2.75, 3.05) is 20.8 Å². The number of carbonyl (C=O) groups is 1. The highest BCUT2D eigenvalue weighted by atomic mass is 16.5. The molecule has 0 spiro atoms. The van der Waals surface area contributed by atoms with Gasteiger partial charge in [-0.2, -0.15) is 0 Å². The molecule has 4 heteroatoms. The molecule has 1 aromatic rings. The number of ether oxygens (including phenoxy) is 1. The van der Waals surface area contributed by atoms with Crippen molar-refractivity contribution >= 4 is 5.91 Å². The van der Waals surface area contributed by atoms with Crippen molar-refractivity contribution in [1.29, 1.82) is 0 Å². The van der Waals surface area contributed by atoms with E-state index in [4.69, 9.17) is 4.74 Å². The van der Waals surface area contributed by atoms with E-state index in [2.05, 4.69) is 0 Å².